The van der Waals surface area contributed by atoms with Crippen LogP contribution in [0.15, 0.2) is 28.8 Å². The molecule has 0 unspecified atom stereocenters. The van der Waals surface area contributed by atoms with Crippen molar-refractivity contribution in [3.8, 4) is 17.7 Å². The van der Waals surface area contributed by atoms with Crippen LogP contribution >= 0.6 is 0 Å². The normalized spacial score (nSPS) is 10.7. The van der Waals surface area contributed by atoms with E-state index in [1.54, 1.807) is 12.1 Å². The predicted molar refractivity (Wildman–Crippen MR) is 65.7 cm³/mol. The lowest BCUT2D eigenvalue weighted by Gasteiger charge is -1.97. The fourth-order valence-electron chi connectivity index (χ4n) is 1.96. The zero-order valence-corrected chi connectivity index (χ0v) is 10.0. The molecule has 0 fully saturated rings. The van der Waals surface area contributed by atoms with Crippen LogP contribution in [-0.2, 0) is 7.05 Å². The molecular formula is C13H10N4O. The Kier molecular flexibility index (Phi) is 2.17. The molecule has 2 aromatic heterocycles. The first-order valence-electron chi connectivity index (χ1n) is 5.49. The van der Waals surface area contributed by atoms with Crippen molar-refractivity contribution in [2.75, 3.05) is 0 Å². The molecule has 0 aliphatic rings. The summed E-state index contributed by atoms with van der Waals surface area (Å²) in [6.45, 7) is 1.86. The average Bonchev–Trinajstić information content (AvgIpc) is 2.93. The van der Waals surface area contributed by atoms with Crippen molar-refractivity contribution < 1.29 is 4.52 Å². The van der Waals surface area contributed by atoms with Gasteiger partial charge in [-0.2, -0.15) is 5.26 Å². The molecule has 0 aliphatic carbocycles. The first kappa shape index (κ1) is 10.5. The molecule has 0 radical (unpaired) electrons. The van der Waals surface area contributed by atoms with Crippen molar-refractivity contribution >= 4 is 11.0 Å². The molecule has 5 nitrogen and oxygen atoms in total. The van der Waals surface area contributed by atoms with Crippen molar-refractivity contribution in [1.82, 2.24) is 14.7 Å². The second-order valence-electron chi connectivity index (χ2n) is 4.14. The highest BCUT2D eigenvalue weighted by Crippen LogP contribution is 2.24. The minimum absolute atomic E-state index is 0.598. The van der Waals surface area contributed by atoms with Crippen LogP contribution < -0.4 is 0 Å². The zero-order valence-electron chi connectivity index (χ0n) is 10.0. The van der Waals surface area contributed by atoms with E-state index < -0.39 is 0 Å². The molecule has 0 aliphatic heterocycles. The Morgan fingerprint density at radius 1 is 1.33 bits per heavy atom. The maximum atomic E-state index is 8.88. The molecule has 1 aromatic carbocycles. The van der Waals surface area contributed by atoms with E-state index in [9.17, 15) is 0 Å². The Balaban J connectivity index is 2.26. The van der Waals surface area contributed by atoms with Gasteiger partial charge in [-0.25, -0.2) is 4.98 Å². The van der Waals surface area contributed by atoms with Gasteiger partial charge in [0.15, 0.2) is 5.82 Å². The Morgan fingerprint density at radius 3 is 2.83 bits per heavy atom. The fraction of sp³-hybridized carbons (Fsp3) is 0.154. The molecular weight excluding hydrogens is 228 g/mol. The fourth-order valence-corrected chi connectivity index (χ4v) is 1.96. The predicted octanol–water partition coefficient (Wildman–Crippen LogP) is 2.41. The van der Waals surface area contributed by atoms with Gasteiger partial charge < -0.3 is 9.09 Å². The van der Waals surface area contributed by atoms with Crippen molar-refractivity contribution in [1.29, 1.82) is 5.26 Å². The molecule has 2 heterocycles. The molecule has 0 bridgehead atoms. The number of nitrogens with zero attached hydrogens (tertiary/aromatic N) is 4. The molecule has 0 saturated heterocycles. The number of hydrogen-bond donors (Lipinski definition) is 0. The second-order valence-corrected chi connectivity index (χ2v) is 4.14. The third-order valence-corrected chi connectivity index (χ3v) is 2.86. The van der Waals surface area contributed by atoms with Crippen molar-refractivity contribution in [3.63, 3.8) is 0 Å². The lowest BCUT2D eigenvalue weighted by atomic mass is 10.2. The molecule has 88 valence electrons. The molecule has 5 heteroatoms. The van der Waals surface area contributed by atoms with Gasteiger partial charge in [0.1, 0.15) is 0 Å². The van der Waals surface area contributed by atoms with Crippen LogP contribution in [0.3, 0.4) is 0 Å². The Labute approximate surface area is 103 Å². The summed E-state index contributed by atoms with van der Waals surface area (Å²) in [5, 5.41) is 12.7. The van der Waals surface area contributed by atoms with Crippen LogP contribution in [0.1, 0.15) is 11.3 Å². The van der Waals surface area contributed by atoms with Crippen molar-refractivity contribution in [3.05, 3.63) is 35.5 Å². The molecule has 3 rings (SSSR count). The highest BCUT2D eigenvalue weighted by molar-refractivity contribution is 5.81. The highest BCUT2D eigenvalue weighted by atomic mass is 16.5. The first-order valence-corrected chi connectivity index (χ1v) is 5.49. The van der Waals surface area contributed by atoms with Crippen molar-refractivity contribution in [2.24, 2.45) is 7.05 Å². The summed E-state index contributed by atoms with van der Waals surface area (Å²) < 4.78 is 7.15. The Hall–Kier alpha value is -2.61. The molecule has 0 N–H and O–H groups in total. The SMILES string of the molecule is Cc1cc(-c2nc3cc(C#N)ccc3n2C)on1. The van der Waals surface area contributed by atoms with Gasteiger partial charge in [-0.1, -0.05) is 5.16 Å². The molecule has 3 aromatic rings. The number of fused-ring (bicyclic) bond motifs is 1. The molecule has 0 saturated carbocycles. The smallest absolute Gasteiger partial charge is 0.202 e. The maximum absolute atomic E-state index is 8.88. The standard InChI is InChI=1S/C13H10N4O/c1-8-5-12(18-16-8)13-15-10-6-9(7-14)3-4-11(10)17(13)2/h3-6H,1-2H3. The number of imidazole rings is 1. The van der Waals surface area contributed by atoms with Gasteiger partial charge in [0.05, 0.1) is 28.4 Å². The van der Waals surface area contributed by atoms with Crippen LogP contribution in [0.2, 0.25) is 0 Å². The third-order valence-electron chi connectivity index (χ3n) is 2.86. The van der Waals surface area contributed by atoms with Gasteiger partial charge >= 0.3 is 0 Å². The van der Waals surface area contributed by atoms with Crippen LogP contribution in [0.5, 0.6) is 0 Å². The maximum Gasteiger partial charge on any atom is 0.202 e. The van der Waals surface area contributed by atoms with E-state index in [0.29, 0.717) is 17.1 Å². The quantitative estimate of drug-likeness (QED) is 0.652. The lowest BCUT2D eigenvalue weighted by Crippen LogP contribution is -1.90. The second kappa shape index (κ2) is 3.70. The van der Waals surface area contributed by atoms with Gasteiger partial charge in [-0.15, -0.1) is 0 Å². The summed E-state index contributed by atoms with van der Waals surface area (Å²) in [6.07, 6.45) is 0. The van der Waals surface area contributed by atoms with Gasteiger partial charge in [-0.05, 0) is 25.1 Å². The van der Waals surface area contributed by atoms with Gasteiger partial charge in [0, 0.05) is 13.1 Å². The van der Waals surface area contributed by atoms with E-state index in [1.807, 2.05) is 30.7 Å². The number of benzene rings is 1. The average molecular weight is 238 g/mol. The van der Waals surface area contributed by atoms with E-state index >= 15 is 0 Å². The summed E-state index contributed by atoms with van der Waals surface area (Å²) in [4.78, 5) is 4.48. The lowest BCUT2D eigenvalue weighted by molar-refractivity contribution is 0.423. The summed E-state index contributed by atoms with van der Waals surface area (Å²) in [5.41, 5.74) is 3.15. The van der Waals surface area contributed by atoms with Crippen LogP contribution in [-0.4, -0.2) is 14.7 Å². The van der Waals surface area contributed by atoms with E-state index in [0.717, 1.165) is 16.7 Å². The third kappa shape index (κ3) is 1.47. The molecule has 0 atom stereocenters. The number of hydrogen-bond acceptors (Lipinski definition) is 4. The molecule has 18 heavy (non-hydrogen) atoms. The summed E-state index contributed by atoms with van der Waals surface area (Å²) in [7, 11) is 1.91. The van der Waals surface area contributed by atoms with Gasteiger partial charge in [0.2, 0.25) is 5.76 Å². The first-order chi connectivity index (χ1) is 8.69. The summed E-state index contributed by atoms with van der Waals surface area (Å²) in [5.74, 6) is 1.34. The van der Waals surface area contributed by atoms with Gasteiger partial charge in [0.25, 0.3) is 0 Å². The number of rotatable bonds is 1. The van der Waals surface area contributed by atoms with Crippen LogP contribution in [0.25, 0.3) is 22.6 Å². The van der Waals surface area contributed by atoms with Gasteiger partial charge in [-0.3, -0.25) is 0 Å². The Morgan fingerprint density at radius 2 is 2.17 bits per heavy atom. The van der Waals surface area contributed by atoms with Crippen LogP contribution in [0, 0.1) is 18.3 Å². The van der Waals surface area contributed by atoms with E-state index in [4.69, 9.17) is 9.78 Å². The summed E-state index contributed by atoms with van der Waals surface area (Å²) in [6, 6.07) is 9.37. The zero-order chi connectivity index (χ0) is 12.7. The van der Waals surface area contributed by atoms with E-state index in [-0.39, 0.29) is 0 Å². The highest BCUT2D eigenvalue weighted by Gasteiger charge is 2.13. The monoisotopic (exact) mass is 238 g/mol. The number of aromatic nitrogens is 3. The topological polar surface area (TPSA) is 67.6 Å². The van der Waals surface area contributed by atoms with Crippen LogP contribution in [0.4, 0.5) is 0 Å². The Bertz CT molecular complexity index is 776. The minimum Gasteiger partial charge on any atom is -0.353 e. The largest absolute Gasteiger partial charge is 0.353 e. The van der Waals surface area contributed by atoms with E-state index in [2.05, 4.69) is 16.2 Å². The van der Waals surface area contributed by atoms with E-state index in [1.165, 1.54) is 0 Å². The number of aryl methyl sites for hydroxylation is 2. The molecule has 0 amide bonds. The molecule has 0 spiro atoms. The summed E-state index contributed by atoms with van der Waals surface area (Å²) >= 11 is 0. The number of nitriles is 1. The van der Waals surface area contributed by atoms with Crippen molar-refractivity contribution in [2.45, 2.75) is 6.92 Å². The minimum atomic E-state index is 0.598.